The molecule has 0 fully saturated rings. The molecule has 70 valence electrons. The summed E-state index contributed by atoms with van der Waals surface area (Å²) in [4.78, 5) is 0. The van der Waals surface area contributed by atoms with Crippen LogP contribution in [0.3, 0.4) is 0 Å². The summed E-state index contributed by atoms with van der Waals surface area (Å²) in [6.07, 6.45) is 0. The van der Waals surface area contributed by atoms with Gasteiger partial charge >= 0.3 is 0 Å². The topological polar surface area (TPSA) is 35.8 Å². The van der Waals surface area contributed by atoms with E-state index in [1.165, 1.54) is 0 Å². The fourth-order valence-corrected chi connectivity index (χ4v) is 1.05. The van der Waals surface area contributed by atoms with E-state index in [-0.39, 0.29) is 0 Å². The summed E-state index contributed by atoms with van der Waals surface area (Å²) in [6, 6.07) is 7.81. The van der Waals surface area contributed by atoms with Gasteiger partial charge in [-0.15, -0.1) is 0 Å². The van der Waals surface area contributed by atoms with Gasteiger partial charge in [0.1, 0.15) is 0 Å². The van der Waals surface area contributed by atoms with Crippen molar-refractivity contribution in [1.82, 2.24) is 5.32 Å². The summed E-state index contributed by atoms with van der Waals surface area (Å²) in [7, 11) is 1.85. The average molecular weight is 184 g/mol. The zero-order valence-electron chi connectivity index (χ0n) is 8.39. The molecule has 0 saturated carbocycles. The van der Waals surface area contributed by atoms with Crippen molar-refractivity contribution in [1.29, 1.82) is 5.26 Å². The van der Waals surface area contributed by atoms with Crippen LogP contribution in [0.15, 0.2) is 18.2 Å². The first-order valence-corrected chi connectivity index (χ1v) is 4.42. The molecule has 0 saturated heterocycles. The minimum Gasteiger partial charge on any atom is -0.309 e. The Hall–Kier alpha value is -1.77. The fourth-order valence-electron chi connectivity index (χ4n) is 1.05. The molecule has 2 heteroatoms. The minimum absolute atomic E-state index is 0.662. The smallest absolute Gasteiger partial charge is 0.0994 e. The average Bonchev–Trinajstić information content (AvgIpc) is 2.21. The molecular formula is C12H12N2. The van der Waals surface area contributed by atoms with Crippen LogP contribution in [0.4, 0.5) is 0 Å². The van der Waals surface area contributed by atoms with Gasteiger partial charge in [-0.1, -0.05) is 17.9 Å². The summed E-state index contributed by atoms with van der Waals surface area (Å²) >= 11 is 0. The van der Waals surface area contributed by atoms with Crippen LogP contribution < -0.4 is 5.32 Å². The molecule has 0 amide bonds. The summed E-state index contributed by atoms with van der Waals surface area (Å²) in [6.45, 7) is 2.58. The van der Waals surface area contributed by atoms with Crippen molar-refractivity contribution in [2.24, 2.45) is 0 Å². The van der Waals surface area contributed by atoms with Gasteiger partial charge in [0, 0.05) is 5.56 Å². The third-order valence-electron chi connectivity index (χ3n) is 1.86. The van der Waals surface area contributed by atoms with Crippen molar-refractivity contribution in [3.05, 3.63) is 34.9 Å². The van der Waals surface area contributed by atoms with Crippen LogP contribution in [-0.4, -0.2) is 13.6 Å². The minimum atomic E-state index is 0.662. The number of nitriles is 1. The van der Waals surface area contributed by atoms with Crippen molar-refractivity contribution < 1.29 is 0 Å². The number of nitrogens with zero attached hydrogens (tertiary/aromatic N) is 1. The van der Waals surface area contributed by atoms with E-state index in [1.54, 1.807) is 0 Å². The second kappa shape index (κ2) is 5.07. The lowest BCUT2D eigenvalue weighted by Gasteiger charge is -1.96. The van der Waals surface area contributed by atoms with Crippen LogP contribution in [0.25, 0.3) is 0 Å². The Morgan fingerprint density at radius 1 is 1.43 bits per heavy atom. The Morgan fingerprint density at radius 2 is 2.21 bits per heavy atom. The van der Waals surface area contributed by atoms with Crippen molar-refractivity contribution in [3.63, 3.8) is 0 Å². The number of rotatable bonds is 1. The summed E-state index contributed by atoms with van der Waals surface area (Å²) in [5.41, 5.74) is 2.58. The number of aryl methyl sites for hydroxylation is 1. The van der Waals surface area contributed by atoms with Crippen molar-refractivity contribution in [2.75, 3.05) is 13.6 Å². The molecule has 1 N–H and O–H groups in total. The van der Waals surface area contributed by atoms with Gasteiger partial charge in [0.15, 0.2) is 0 Å². The Balaban J connectivity index is 2.93. The van der Waals surface area contributed by atoms with E-state index in [9.17, 15) is 0 Å². The van der Waals surface area contributed by atoms with E-state index in [4.69, 9.17) is 5.26 Å². The number of hydrogen-bond acceptors (Lipinski definition) is 2. The van der Waals surface area contributed by atoms with Crippen LogP contribution in [0.5, 0.6) is 0 Å². The first-order chi connectivity index (χ1) is 6.77. The molecule has 0 aliphatic carbocycles. The summed E-state index contributed by atoms with van der Waals surface area (Å²) in [5.74, 6) is 5.94. The third-order valence-corrected chi connectivity index (χ3v) is 1.86. The largest absolute Gasteiger partial charge is 0.309 e. The van der Waals surface area contributed by atoms with Crippen molar-refractivity contribution >= 4 is 0 Å². The predicted molar refractivity (Wildman–Crippen MR) is 56.7 cm³/mol. The molecular weight excluding hydrogens is 172 g/mol. The van der Waals surface area contributed by atoms with E-state index in [0.717, 1.165) is 11.1 Å². The van der Waals surface area contributed by atoms with Crippen LogP contribution in [0.2, 0.25) is 0 Å². The Labute approximate surface area is 84.6 Å². The lowest BCUT2D eigenvalue weighted by molar-refractivity contribution is 0.938. The monoisotopic (exact) mass is 184 g/mol. The molecule has 0 aliphatic heterocycles. The van der Waals surface area contributed by atoms with Gasteiger partial charge in [-0.05, 0) is 31.7 Å². The summed E-state index contributed by atoms with van der Waals surface area (Å²) < 4.78 is 0. The Morgan fingerprint density at radius 3 is 2.86 bits per heavy atom. The highest BCUT2D eigenvalue weighted by Gasteiger charge is 1.96. The first-order valence-electron chi connectivity index (χ1n) is 4.42. The molecule has 0 aromatic heterocycles. The van der Waals surface area contributed by atoms with Gasteiger partial charge in [0.25, 0.3) is 0 Å². The maximum atomic E-state index is 8.80. The number of benzene rings is 1. The SMILES string of the molecule is CNCC#Cc1ccc(C)c(C#N)c1. The second-order valence-corrected chi connectivity index (χ2v) is 2.97. The van der Waals surface area contributed by atoms with E-state index >= 15 is 0 Å². The van der Waals surface area contributed by atoms with Crippen LogP contribution in [0.1, 0.15) is 16.7 Å². The molecule has 0 atom stereocenters. The van der Waals surface area contributed by atoms with Crippen LogP contribution >= 0.6 is 0 Å². The molecule has 0 unspecified atom stereocenters. The van der Waals surface area contributed by atoms with Crippen molar-refractivity contribution in [3.8, 4) is 17.9 Å². The van der Waals surface area contributed by atoms with E-state index in [0.29, 0.717) is 12.1 Å². The molecule has 1 rings (SSSR count). The van der Waals surface area contributed by atoms with Gasteiger partial charge in [-0.2, -0.15) is 5.26 Å². The molecule has 0 bridgehead atoms. The quantitative estimate of drug-likeness (QED) is 0.670. The van der Waals surface area contributed by atoms with Gasteiger partial charge in [0.05, 0.1) is 18.2 Å². The third kappa shape index (κ3) is 2.62. The lowest BCUT2D eigenvalue weighted by atomic mass is 10.1. The maximum Gasteiger partial charge on any atom is 0.0994 e. The van der Waals surface area contributed by atoms with Crippen LogP contribution in [0, 0.1) is 30.1 Å². The van der Waals surface area contributed by atoms with Gasteiger partial charge in [-0.25, -0.2) is 0 Å². The summed E-state index contributed by atoms with van der Waals surface area (Å²) in [5, 5.41) is 11.7. The molecule has 1 aromatic rings. The lowest BCUT2D eigenvalue weighted by Crippen LogP contribution is -2.04. The normalized spacial score (nSPS) is 8.64. The molecule has 0 aliphatic rings. The highest BCUT2D eigenvalue weighted by Crippen LogP contribution is 2.08. The van der Waals surface area contributed by atoms with E-state index in [2.05, 4.69) is 23.2 Å². The zero-order valence-corrected chi connectivity index (χ0v) is 8.39. The van der Waals surface area contributed by atoms with Crippen molar-refractivity contribution in [2.45, 2.75) is 6.92 Å². The first kappa shape index (κ1) is 10.3. The molecule has 2 nitrogen and oxygen atoms in total. The highest BCUT2D eigenvalue weighted by atomic mass is 14.8. The molecule has 14 heavy (non-hydrogen) atoms. The number of nitrogens with one attached hydrogen (secondary N) is 1. The van der Waals surface area contributed by atoms with E-state index < -0.39 is 0 Å². The molecule has 0 radical (unpaired) electrons. The van der Waals surface area contributed by atoms with E-state index in [1.807, 2.05) is 32.2 Å². The fraction of sp³-hybridized carbons (Fsp3) is 0.250. The second-order valence-electron chi connectivity index (χ2n) is 2.97. The standard InChI is InChI=1S/C12H12N2/c1-10-5-6-11(4-3-7-14-2)8-12(10)9-13/h5-6,8,14H,7H2,1-2H3. The highest BCUT2D eigenvalue weighted by molar-refractivity contribution is 5.45. The van der Waals surface area contributed by atoms with Gasteiger partial charge < -0.3 is 5.32 Å². The van der Waals surface area contributed by atoms with Gasteiger partial charge in [0.2, 0.25) is 0 Å². The Kier molecular flexibility index (Phi) is 3.73. The van der Waals surface area contributed by atoms with Crippen LogP contribution in [-0.2, 0) is 0 Å². The predicted octanol–water partition coefficient (Wildman–Crippen LogP) is 1.44. The molecule has 0 spiro atoms. The number of hydrogen-bond donors (Lipinski definition) is 1. The maximum absolute atomic E-state index is 8.80. The zero-order chi connectivity index (χ0) is 10.4. The molecule has 0 heterocycles. The van der Waals surface area contributed by atoms with Gasteiger partial charge in [-0.3, -0.25) is 0 Å². The molecule has 1 aromatic carbocycles. The Bertz CT molecular complexity index is 416.